The molecule has 1 saturated heterocycles. The van der Waals surface area contributed by atoms with Crippen molar-refractivity contribution >= 4 is 45.5 Å². The maximum atomic E-state index is 13.2. The van der Waals surface area contributed by atoms with Crippen molar-refractivity contribution in [1.82, 2.24) is 9.47 Å². The van der Waals surface area contributed by atoms with Gasteiger partial charge in [-0.3, -0.25) is 9.69 Å². The van der Waals surface area contributed by atoms with Gasteiger partial charge in [0.1, 0.15) is 12.3 Å². The maximum Gasteiger partial charge on any atom is 0.266 e. The predicted octanol–water partition coefficient (Wildman–Crippen LogP) is 4.42. The van der Waals surface area contributed by atoms with Crippen LogP contribution in [0.3, 0.4) is 0 Å². The van der Waals surface area contributed by atoms with Gasteiger partial charge in [-0.25, -0.2) is 4.99 Å². The third kappa shape index (κ3) is 4.40. The molecule has 0 unspecified atom stereocenters. The summed E-state index contributed by atoms with van der Waals surface area (Å²) in [5, 5.41) is 10.7. The fourth-order valence-electron chi connectivity index (χ4n) is 3.48. The van der Waals surface area contributed by atoms with E-state index in [1.54, 1.807) is 19.1 Å². The highest BCUT2D eigenvalue weighted by Crippen LogP contribution is 2.35. The summed E-state index contributed by atoms with van der Waals surface area (Å²) in [6.45, 7) is 1.06. The van der Waals surface area contributed by atoms with Crippen molar-refractivity contribution in [3.63, 3.8) is 0 Å². The summed E-state index contributed by atoms with van der Waals surface area (Å²) < 4.78 is 12.3. The second-order valence-corrected chi connectivity index (χ2v) is 8.05. The second kappa shape index (κ2) is 9.73. The number of carbonyl (C=O) groups is 1. The van der Waals surface area contributed by atoms with E-state index in [0.717, 1.165) is 27.9 Å². The maximum absolute atomic E-state index is 13.2. The molecular weight excluding hydrogens is 424 g/mol. The van der Waals surface area contributed by atoms with Crippen molar-refractivity contribution in [3.05, 3.63) is 65.2 Å². The highest BCUT2D eigenvalue weighted by molar-refractivity contribution is 8.18. The van der Waals surface area contributed by atoms with Crippen LogP contribution in [0.15, 0.2) is 64.6 Å². The van der Waals surface area contributed by atoms with Crippen LogP contribution >= 0.6 is 11.8 Å². The van der Waals surface area contributed by atoms with Crippen LogP contribution < -0.4 is 4.74 Å². The number of amidine groups is 1. The number of hydrogen-bond acceptors (Lipinski definition) is 6. The van der Waals surface area contributed by atoms with Crippen LogP contribution in [0.2, 0.25) is 0 Å². The first-order valence-electron chi connectivity index (χ1n) is 10.0. The predicted molar refractivity (Wildman–Crippen MR) is 127 cm³/mol. The number of para-hydroxylation sites is 1. The van der Waals surface area contributed by atoms with Gasteiger partial charge in [0, 0.05) is 29.8 Å². The van der Waals surface area contributed by atoms with Crippen molar-refractivity contribution < 1.29 is 14.3 Å². The first-order chi connectivity index (χ1) is 15.6. The van der Waals surface area contributed by atoms with Crippen molar-refractivity contribution in [2.75, 3.05) is 27.4 Å². The number of benzene rings is 2. The molecule has 8 heteroatoms. The Bertz CT molecular complexity index is 1240. The third-order valence-electron chi connectivity index (χ3n) is 5.05. The molecule has 1 fully saturated rings. The van der Waals surface area contributed by atoms with Crippen LogP contribution in [0.4, 0.5) is 5.69 Å². The fraction of sp³-hybridized carbons (Fsp3) is 0.208. The number of rotatable bonds is 7. The highest BCUT2D eigenvalue weighted by Gasteiger charge is 2.33. The SMILES string of the molecule is COCCN1C(=O)/C(=C/c2cn(CC#N)c3ccccc23)SC1=Nc1ccc(OC)cc1. The van der Waals surface area contributed by atoms with E-state index < -0.39 is 0 Å². The topological polar surface area (TPSA) is 79.9 Å². The first kappa shape index (κ1) is 21.7. The van der Waals surface area contributed by atoms with Gasteiger partial charge in [-0.15, -0.1) is 0 Å². The second-order valence-electron chi connectivity index (χ2n) is 7.04. The molecule has 7 nitrogen and oxygen atoms in total. The average Bonchev–Trinajstić information content (AvgIpc) is 3.30. The zero-order chi connectivity index (χ0) is 22.5. The number of carbonyl (C=O) groups excluding carboxylic acids is 1. The highest BCUT2D eigenvalue weighted by atomic mass is 32.2. The summed E-state index contributed by atoms with van der Waals surface area (Å²) in [5.41, 5.74) is 2.58. The average molecular weight is 447 g/mol. The van der Waals surface area contributed by atoms with E-state index in [0.29, 0.717) is 23.2 Å². The van der Waals surface area contributed by atoms with Crippen LogP contribution in [0.5, 0.6) is 5.75 Å². The van der Waals surface area contributed by atoms with E-state index in [9.17, 15) is 4.79 Å². The molecule has 1 amide bonds. The number of nitrogens with zero attached hydrogens (tertiary/aromatic N) is 4. The van der Waals surface area contributed by atoms with Crippen LogP contribution in [0, 0.1) is 11.3 Å². The lowest BCUT2D eigenvalue weighted by Crippen LogP contribution is -2.32. The quantitative estimate of drug-likeness (QED) is 0.502. The summed E-state index contributed by atoms with van der Waals surface area (Å²) >= 11 is 1.33. The Balaban J connectivity index is 1.71. The summed E-state index contributed by atoms with van der Waals surface area (Å²) in [6.07, 6.45) is 3.78. The van der Waals surface area contributed by atoms with Crippen molar-refractivity contribution in [3.8, 4) is 11.8 Å². The molecule has 0 radical (unpaired) electrons. The Labute approximate surface area is 190 Å². The molecular formula is C24H22N4O3S. The summed E-state index contributed by atoms with van der Waals surface area (Å²) in [4.78, 5) is 20.1. The Morgan fingerprint density at radius 2 is 1.94 bits per heavy atom. The number of nitriles is 1. The molecule has 1 aliphatic rings. The van der Waals surface area contributed by atoms with E-state index in [4.69, 9.17) is 19.7 Å². The molecule has 0 atom stereocenters. The molecule has 0 spiro atoms. The zero-order valence-corrected chi connectivity index (χ0v) is 18.6. The normalized spacial score (nSPS) is 16.3. The molecule has 2 heterocycles. The van der Waals surface area contributed by atoms with E-state index in [2.05, 4.69) is 6.07 Å². The van der Waals surface area contributed by atoms with Crippen molar-refractivity contribution in [1.29, 1.82) is 5.26 Å². The number of methoxy groups -OCH3 is 2. The minimum atomic E-state index is -0.114. The molecule has 2 aromatic carbocycles. The van der Waals surface area contributed by atoms with Crippen LogP contribution in [-0.4, -0.2) is 47.9 Å². The van der Waals surface area contributed by atoms with Gasteiger partial charge in [-0.05, 0) is 48.2 Å². The fourth-order valence-corrected chi connectivity index (χ4v) is 4.49. The molecule has 3 aromatic rings. The number of thioether (sulfide) groups is 1. The molecule has 0 bridgehead atoms. The van der Waals surface area contributed by atoms with E-state index in [1.165, 1.54) is 11.8 Å². The summed E-state index contributed by atoms with van der Waals surface area (Å²) in [6, 6.07) is 17.4. The lowest BCUT2D eigenvalue weighted by Gasteiger charge is -2.14. The number of aliphatic imine (C=N–C) groups is 1. The summed E-state index contributed by atoms with van der Waals surface area (Å²) in [5.74, 6) is 0.631. The molecule has 4 rings (SSSR count). The lowest BCUT2D eigenvalue weighted by atomic mass is 10.1. The monoisotopic (exact) mass is 446 g/mol. The van der Waals surface area contributed by atoms with Crippen molar-refractivity contribution in [2.24, 2.45) is 4.99 Å². The molecule has 162 valence electrons. The van der Waals surface area contributed by atoms with E-state index in [1.807, 2.05) is 65.4 Å². The molecule has 0 saturated carbocycles. The lowest BCUT2D eigenvalue weighted by molar-refractivity contribution is -0.122. The van der Waals surface area contributed by atoms with Crippen LogP contribution in [0.1, 0.15) is 5.56 Å². The smallest absolute Gasteiger partial charge is 0.266 e. The van der Waals surface area contributed by atoms with Gasteiger partial charge in [0.05, 0.1) is 36.9 Å². The number of hydrogen-bond donors (Lipinski definition) is 0. The van der Waals surface area contributed by atoms with Gasteiger partial charge in [-0.2, -0.15) is 5.26 Å². The van der Waals surface area contributed by atoms with E-state index >= 15 is 0 Å². The van der Waals surface area contributed by atoms with Crippen LogP contribution in [-0.2, 0) is 16.1 Å². The first-order valence-corrected chi connectivity index (χ1v) is 10.8. The third-order valence-corrected chi connectivity index (χ3v) is 6.06. The van der Waals surface area contributed by atoms with Gasteiger partial charge >= 0.3 is 0 Å². The minimum Gasteiger partial charge on any atom is -0.497 e. The van der Waals surface area contributed by atoms with Gasteiger partial charge in [0.15, 0.2) is 5.17 Å². The molecule has 0 N–H and O–H groups in total. The van der Waals surface area contributed by atoms with Crippen molar-refractivity contribution in [2.45, 2.75) is 6.54 Å². The van der Waals surface area contributed by atoms with E-state index in [-0.39, 0.29) is 12.5 Å². The zero-order valence-electron chi connectivity index (χ0n) is 17.8. The number of aromatic nitrogens is 1. The minimum absolute atomic E-state index is 0.114. The Hall–Kier alpha value is -3.54. The summed E-state index contributed by atoms with van der Waals surface area (Å²) in [7, 11) is 3.22. The number of amides is 1. The van der Waals surface area contributed by atoms with Gasteiger partial charge in [0.2, 0.25) is 0 Å². The Morgan fingerprint density at radius 1 is 1.16 bits per heavy atom. The largest absolute Gasteiger partial charge is 0.497 e. The van der Waals surface area contributed by atoms with Gasteiger partial charge in [0.25, 0.3) is 5.91 Å². The molecule has 0 aliphatic carbocycles. The number of fused-ring (bicyclic) bond motifs is 1. The standard InChI is InChI=1S/C24H22N4O3S/c1-30-14-13-28-23(29)22(32-24(28)26-18-7-9-19(31-2)10-8-18)15-17-16-27(12-11-25)21-6-4-3-5-20(17)21/h3-10,15-16H,12-14H2,1-2H3/b22-15-,26-24?. The van der Waals surface area contributed by atoms with Crippen LogP contribution in [0.25, 0.3) is 17.0 Å². The molecule has 1 aliphatic heterocycles. The van der Waals surface area contributed by atoms with Gasteiger partial charge in [-0.1, -0.05) is 18.2 Å². The Kier molecular flexibility index (Phi) is 6.59. The Morgan fingerprint density at radius 3 is 2.66 bits per heavy atom. The van der Waals surface area contributed by atoms with Gasteiger partial charge < -0.3 is 14.0 Å². The molecule has 32 heavy (non-hydrogen) atoms. The molecule has 1 aromatic heterocycles. The number of ether oxygens (including phenoxy) is 2.